The Kier molecular flexibility index (Phi) is 14.0. The van der Waals surface area contributed by atoms with Gasteiger partial charge in [0.15, 0.2) is 0 Å². The van der Waals surface area contributed by atoms with Crippen LogP contribution >= 0.6 is 23.2 Å². The van der Waals surface area contributed by atoms with Crippen LogP contribution in [-0.4, -0.2) is 101 Å². The fraction of sp³-hybridized carbons (Fsp3) is 0.517. The zero-order valence-electron chi connectivity index (χ0n) is 23.2. The Labute approximate surface area is 246 Å². The van der Waals surface area contributed by atoms with Gasteiger partial charge in [0.25, 0.3) is 0 Å². The highest BCUT2D eigenvalue weighted by molar-refractivity contribution is 6.42. The van der Waals surface area contributed by atoms with Crippen molar-refractivity contribution in [2.24, 2.45) is 0 Å². The molecule has 0 aromatic heterocycles. The quantitative estimate of drug-likeness (QED) is 0.291. The zero-order valence-corrected chi connectivity index (χ0v) is 24.7. The maximum Gasteiger partial charge on any atom is 0.407 e. The summed E-state index contributed by atoms with van der Waals surface area (Å²) in [4.78, 5) is 29.6. The van der Waals surface area contributed by atoms with E-state index in [4.69, 9.17) is 42.1 Å². The number of carbonyl (C=O) groups is 2. The third-order valence-electron chi connectivity index (χ3n) is 6.67. The highest BCUT2D eigenvalue weighted by Gasteiger charge is 2.30. The number of nitrogens with one attached hydrogen (secondary N) is 1. The van der Waals surface area contributed by atoms with Crippen molar-refractivity contribution in [1.82, 2.24) is 15.1 Å². The molecule has 0 radical (unpaired) electrons. The Hall–Kier alpha value is -2.40. The third-order valence-corrected chi connectivity index (χ3v) is 7.41. The van der Waals surface area contributed by atoms with Crippen molar-refractivity contribution >= 4 is 35.2 Å². The zero-order chi connectivity index (χ0) is 28.7. The van der Waals surface area contributed by atoms with Crippen LogP contribution in [0.2, 0.25) is 10.0 Å². The van der Waals surface area contributed by atoms with Gasteiger partial charge in [-0.3, -0.25) is 9.69 Å². The molecular weight excluding hydrogens is 557 g/mol. The minimum Gasteiger partial charge on any atom is -0.447 e. The predicted octanol–water partition coefficient (Wildman–Crippen LogP) is 4.22. The lowest BCUT2D eigenvalue weighted by molar-refractivity contribution is -0.131. The molecule has 2 aromatic rings. The van der Waals surface area contributed by atoms with Gasteiger partial charge in [0, 0.05) is 39.8 Å². The van der Waals surface area contributed by atoms with Gasteiger partial charge in [-0.2, -0.15) is 0 Å². The fourth-order valence-corrected chi connectivity index (χ4v) is 4.80. The Bertz CT molecular complexity index is 1060. The van der Waals surface area contributed by atoms with Crippen LogP contribution in [0.4, 0.5) is 4.79 Å². The van der Waals surface area contributed by atoms with Crippen LogP contribution in [0.25, 0.3) is 0 Å². The van der Waals surface area contributed by atoms with Gasteiger partial charge in [0.1, 0.15) is 6.61 Å². The first kappa shape index (κ1) is 32.1. The van der Waals surface area contributed by atoms with Crippen LogP contribution in [0.5, 0.6) is 0 Å². The highest BCUT2D eigenvalue weighted by Crippen LogP contribution is 2.26. The van der Waals surface area contributed by atoms with E-state index >= 15 is 0 Å². The summed E-state index contributed by atoms with van der Waals surface area (Å²) in [6.45, 7) is 4.55. The van der Waals surface area contributed by atoms with E-state index in [9.17, 15) is 9.59 Å². The number of benzene rings is 2. The van der Waals surface area contributed by atoms with Gasteiger partial charge in [-0.25, -0.2) is 4.79 Å². The number of alkyl carbamates (subject to hydrolysis) is 1. The number of hydrogen-bond donors (Lipinski definition) is 1. The molecule has 0 bridgehead atoms. The van der Waals surface area contributed by atoms with E-state index in [2.05, 4.69) is 10.2 Å². The van der Waals surface area contributed by atoms with E-state index in [1.165, 1.54) is 0 Å². The molecule has 0 aliphatic carbocycles. The van der Waals surface area contributed by atoms with E-state index in [1.54, 1.807) is 24.1 Å². The summed E-state index contributed by atoms with van der Waals surface area (Å²) < 4.78 is 20.9. The van der Waals surface area contributed by atoms with Crippen LogP contribution in [-0.2, 0) is 30.2 Å². The number of methoxy groups -OCH3 is 1. The van der Waals surface area contributed by atoms with Gasteiger partial charge in [0.05, 0.1) is 55.5 Å². The molecule has 40 heavy (non-hydrogen) atoms. The van der Waals surface area contributed by atoms with Crippen LogP contribution in [0, 0.1) is 0 Å². The van der Waals surface area contributed by atoms with E-state index in [0.717, 1.165) is 24.1 Å². The summed E-state index contributed by atoms with van der Waals surface area (Å²) >= 11 is 12.2. The standard InChI is InChI=1S/C29H39Cl2N3O6/c1-33(28(35)19-22-8-9-25(30)26(31)18-22)27(23-6-4-3-5-7-23)21-34-11-10-24(20-34)32-29(36)40-17-16-39-15-14-38-13-12-37-2/h3-9,18,24,27H,10-17,19-21H2,1-2H3,(H,32,36)/t24-,27+/m0/s1. The average Bonchev–Trinajstić information content (AvgIpc) is 3.39. The molecule has 3 rings (SSSR count). The molecule has 1 aliphatic rings. The summed E-state index contributed by atoms with van der Waals surface area (Å²) in [5, 5.41) is 3.83. The molecule has 0 saturated carbocycles. The van der Waals surface area contributed by atoms with E-state index in [0.29, 0.717) is 56.2 Å². The highest BCUT2D eigenvalue weighted by atomic mass is 35.5. The third kappa shape index (κ3) is 10.9. The Balaban J connectivity index is 1.45. The van der Waals surface area contributed by atoms with Crippen molar-refractivity contribution < 1.29 is 28.5 Å². The summed E-state index contributed by atoms with van der Waals surface area (Å²) in [7, 11) is 3.45. The smallest absolute Gasteiger partial charge is 0.407 e. The number of rotatable bonds is 16. The average molecular weight is 597 g/mol. The van der Waals surface area contributed by atoms with Gasteiger partial charge in [-0.15, -0.1) is 0 Å². The monoisotopic (exact) mass is 595 g/mol. The van der Waals surface area contributed by atoms with Crippen molar-refractivity contribution in [3.8, 4) is 0 Å². The topological polar surface area (TPSA) is 89.6 Å². The fourth-order valence-electron chi connectivity index (χ4n) is 4.48. The number of ether oxygens (including phenoxy) is 4. The minimum atomic E-state index is -0.458. The summed E-state index contributed by atoms with van der Waals surface area (Å²) in [6.07, 6.45) is 0.560. The predicted molar refractivity (Wildman–Crippen MR) is 155 cm³/mol. The molecule has 2 atom stereocenters. The van der Waals surface area contributed by atoms with Gasteiger partial charge >= 0.3 is 6.09 Å². The molecule has 0 spiro atoms. The summed E-state index contributed by atoms with van der Waals surface area (Å²) in [6, 6.07) is 15.0. The van der Waals surface area contributed by atoms with Gasteiger partial charge < -0.3 is 29.2 Å². The lowest BCUT2D eigenvalue weighted by Gasteiger charge is -2.32. The number of nitrogens with zero attached hydrogens (tertiary/aromatic N) is 2. The Morgan fingerprint density at radius 1 is 1.00 bits per heavy atom. The molecular formula is C29H39Cl2N3O6. The second-order valence-electron chi connectivity index (χ2n) is 9.60. The molecule has 9 nitrogen and oxygen atoms in total. The summed E-state index contributed by atoms with van der Waals surface area (Å²) in [5.41, 5.74) is 1.86. The molecule has 2 amide bonds. The number of likely N-dealkylation sites (N-methyl/N-ethyl adjacent to an activating group) is 1. The van der Waals surface area contributed by atoms with Crippen LogP contribution in [0.1, 0.15) is 23.6 Å². The lowest BCUT2D eigenvalue weighted by atomic mass is 10.0. The maximum absolute atomic E-state index is 13.3. The lowest BCUT2D eigenvalue weighted by Crippen LogP contribution is -2.41. The number of halogens is 2. The Morgan fingerprint density at radius 2 is 1.70 bits per heavy atom. The SMILES string of the molecule is COCCOCCOCCOC(=O)N[C@H]1CCN(C[C@H](c2ccccc2)N(C)C(=O)Cc2ccc(Cl)c(Cl)c2)C1. The second kappa shape index (κ2) is 17.4. The van der Waals surface area contributed by atoms with Crippen molar-refractivity contribution in [3.05, 3.63) is 69.7 Å². The molecule has 2 aromatic carbocycles. The van der Waals surface area contributed by atoms with Crippen molar-refractivity contribution in [2.45, 2.75) is 24.9 Å². The number of carbonyl (C=O) groups excluding carboxylic acids is 2. The number of likely N-dealkylation sites (tertiary alicyclic amines) is 1. The molecule has 1 saturated heterocycles. The largest absolute Gasteiger partial charge is 0.447 e. The van der Waals surface area contributed by atoms with E-state index in [1.807, 2.05) is 43.4 Å². The van der Waals surface area contributed by atoms with E-state index < -0.39 is 6.09 Å². The normalized spacial score (nSPS) is 16.1. The molecule has 1 heterocycles. The molecule has 0 unspecified atom stereocenters. The first-order chi connectivity index (χ1) is 19.4. The second-order valence-corrected chi connectivity index (χ2v) is 10.4. The van der Waals surface area contributed by atoms with Crippen molar-refractivity contribution in [2.75, 3.05) is 73.4 Å². The first-order valence-electron chi connectivity index (χ1n) is 13.4. The first-order valence-corrected chi connectivity index (χ1v) is 14.2. The molecule has 11 heteroatoms. The molecule has 1 fully saturated rings. The van der Waals surface area contributed by atoms with Gasteiger partial charge in [-0.05, 0) is 29.7 Å². The van der Waals surface area contributed by atoms with Crippen LogP contribution in [0.3, 0.4) is 0 Å². The van der Waals surface area contributed by atoms with Gasteiger partial charge in [-0.1, -0.05) is 59.6 Å². The maximum atomic E-state index is 13.3. The van der Waals surface area contributed by atoms with Crippen molar-refractivity contribution in [3.63, 3.8) is 0 Å². The van der Waals surface area contributed by atoms with Gasteiger partial charge in [0.2, 0.25) is 5.91 Å². The molecule has 220 valence electrons. The van der Waals surface area contributed by atoms with E-state index in [-0.39, 0.29) is 31.0 Å². The summed E-state index contributed by atoms with van der Waals surface area (Å²) in [5.74, 6) is -0.0200. The van der Waals surface area contributed by atoms with Crippen molar-refractivity contribution in [1.29, 1.82) is 0 Å². The van der Waals surface area contributed by atoms with Crippen LogP contribution in [0.15, 0.2) is 48.5 Å². The molecule has 1 N–H and O–H groups in total. The Morgan fingerprint density at radius 3 is 2.40 bits per heavy atom. The number of hydrogen-bond acceptors (Lipinski definition) is 7. The van der Waals surface area contributed by atoms with Crippen LogP contribution < -0.4 is 5.32 Å². The molecule has 1 aliphatic heterocycles. The number of amides is 2. The minimum absolute atomic E-state index is 0.0200.